The summed E-state index contributed by atoms with van der Waals surface area (Å²) in [6, 6.07) is 16.6. The highest BCUT2D eigenvalue weighted by Crippen LogP contribution is 2.34. The van der Waals surface area contributed by atoms with E-state index in [9.17, 15) is 18.0 Å². The zero-order valence-corrected chi connectivity index (χ0v) is 20.3. The van der Waals surface area contributed by atoms with Crippen LogP contribution in [0.15, 0.2) is 79.3 Å². The number of benzene rings is 2. The minimum absolute atomic E-state index is 0.0616. The number of carbonyl (C=O) groups excluding carboxylic acids is 1. The monoisotopic (exact) mass is 518 g/mol. The highest BCUT2D eigenvalue weighted by molar-refractivity contribution is 5.93. The fourth-order valence-electron chi connectivity index (χ4n) is 4.60. The quantitative estimate of drug-likeness (QED) is 0.319. The van der Waals surface area contributed by atoms with Gasteiger partial charge in [-0.25, -0.2) is 0 Å². The lowest BCUT2D eigenvalue weighted by molar-refractivity contribution is -0.137. The Kier molecular flexibility index (Phi) is 7.11. The Morgan fingerprint density at radius 1 is 0.974 bits per heavy atom. The molecule has 0 bridgehead atoms. The van der Waals surface area contributed by atoms with Gasteiger partial charge in [0.2, 0.25) is 5.91 Å². The maximum absolute atomic E-state index is 13.3. The van der Waals surface area contributed by atoms with Crippen LogP contribution in [0, 0.1) is 5.92 Å². The SMILES string of the molecule is NCc1cc(NC(=O)C2CCc3ccc(Oc4ccnc(-c5ccncc5)c4)cc3C2)cc(C(F)(F)F)c1. The number of alkyl halides is 3. The normalized spacial score (nSPS) is 15.0. The Labute approximate surface area is 217 Å². The Hall–Kier alpha value is -4.24. The third-order valence-corrected chi connectivity index (χ3v) is 6.54. The number of aryl methyl sites for hydroxylation is 1. The van der Waals surface area contributed by atoms with Crippen molar-refractivity contribution in [3.63, 3.8) is 0 Å². The molecular weight excluding hydrogens is 493 g/mol. The molecule has 2 aromatic carbocycles. The largest absolute Gasteiger partial charge is 0.457 e. The van der Waals surface area contributed by atoms with Crippen LogP contribution in [0.25, 0.3) is 11.3 Å². The number of nitrogens with zero attached hydrogens (tertiary/aromatic N) is 2. The van der Waals surface area contributed by atoms with E-state index in [1.807, 2.05) is 36.4 Å². The van der Waals surface area contributed by atoms with Gasteiger partial charge >= 0.3 is 6.18 Å². The molecule has 1 amide bonds. The van der Waals surface area contributed by atoms with E-state index >= 15 is 0 Å². The summed E-state index contributed by atoms with van der Waals surface area (Å²) in [5.41, 5.74) is 8.90. The molecule has 1 unspecified atom stereocenters. The molecule has 4 aromatic rings. The second-order valence-electron chi connectivity index (χ2n) is 9.19. The number of rotatable bonds is 6. The second kappa shape index (κ2) is 10.6. The number of aromatic nitrogens is 2. The van der Waals surface area contributed by atoms with Gasteiger partial charge in [0.15, 0.2) is 0 Å². The first-order valence-electron chi connectivity index (χ1n) is 12.2. The van der Waals surface area contributed by atoms with Crippen LogP contribution in [0.4, 0.5) is 18.9 Å². The molecule has 2 heterocycles. The standard InChI is InChI=1S/C29H25F3N4O2/c30-29(31,32)23-11-18(17-33)12-24(15-23)36-28(37)21-2-1-19-3-4-25(14-22(19)13-21)38-26-7-10-35-27(16-26)20-5-8-34-9-6-20/h3-12,14-16,21H,1-2,13,17,33H2,(H,36,37). The molecule has 0 radical (unpaired) electrons. The van der Waals surface area contributed by atoms with E-state index in [-0.39, 0.29) is 24.1 Å². The van der Waals surface area contributed by atoms with Gasteiger partial charge in [0.05, 0.1) is 11.3 Å². The fraction of sp³-hybridized carbons (Fsp3) is 0.207. The number of hydrogen-bond donors (Lipinski definition) is 2. The summed E-state index contributed by atoms with van der Waals surface area (Å²) in [5, 5.41) is 2.67. The number of anilines is 1. The molecule has 2 aromatic heterocycles. The molecule has 0 saturated heterocycles. The van der Waals surface area contributed by atoms with Crippen molar-refractivity contribution in [3.8, 4) is 22.8 Å². The van der Waals surface area contributed by atoms with Gasteiger partial charge in [-0.05, 0) is 84.5 Å². The third-order valence-electron chi connectivity index (χ3n) is 6.54. The van der Waals surface area contributed by atoms with Crippen molar-refractivity contribution in [2.75, 3.05) is 5.32 Å². The Balaban J connectivity index is 1.30. The minimum atomic E-state index is -4.53. The number of pyridine rings is 2. The van der Waals surface area contributed by atoms with Gasteiger partial charge < -0.3 is 15.8 Å². The molecule has 3 N–H and O–H groups in total. The van der Waals surface area contributed by atoms with Crippen molar-refractivity contribution < 1.29 is 22.7 Å². The molecule has 1 atom stereocenters. The van der Waals surface area contributed by atoms with Crippen LogP contribution in [0.2, 0.25) is 0 Å². The zero-order chi connectivity index (χ0) is 26.7. The van der Waals surface area contributed by atoms with Gasteiger partial charge in [0.25, 0.3) is 0 Å². The minimum Gasteiger partial charge on any atom is -0.457 e. The van der Waals surface area contributed by atoms with Crippen LogP contribution in [-0.2, 0) is 30.4 Å². The lowest BCUT2D eigenvalue weighted by Gasteiger charge is -2.25. The number of halogens is 3. The molecule has 194 valence electrons. The van der Waals surface area contributed by atoms with Crippen molar-refractivity contribution >= 4 is 11.6 Å². The van der Waals surface area contributed by atoms with Crippen LogP contribution < -0.4 is 15.8 Å². The van der Waals surface area contributed by atoms with Crippen LogP contribution in [0.5, 0.6) is 11.5 Å². The summed E-state index contributed by atoms with van der Waals surface area (Å²) < 4.78 is 45.9. The number of nitrogens with two attached hydrogens (primary N) is 1. The summed E-state index contributed by atoms with van der Waals surface area (Å²) in [5.74, 6) is 0.549. The third kappa shape index (κ3) is 5.84. The number of hydrogen-bond acceptors (Lipinski definition) is 5. The average molecular weight is 519 g/mol. The molecule has 1 aliphatic rings. The van der Waals surface area contributed by atoms with E-state index in [2.05, 4.69) is 15.3 Å². The van der Waals surface area contributed by atoms with Crippen LogP contribution >= 0.6 is 0 Å². The molecule has 6 nitrogen and oxygen atoms in total. The second-order valence-corrected chi connectivity index (χ2v) is 9.19. The highest BCUT2D eigenvalue weighted by Gasteiger charge is 2.32. The molecule has 5 rings (SSSR count). The van der Waals surface area contributed by atoms with Gasteiger partial charge in [0.1, 0.15) is 11.5 Å². The molecule has 0 fully saturated rings. The number of carbonyl (C=O) groups is 1. The van der Waals surface area contributed by atoms with E-state index in [4.69, 9.17) is 10.5 Å². The fourth-order valence-corrected chi connectivity index (χ4v) is 4.60. The predicted octanol–water partition coefficient (Wildman–Crippen LogP) is 6.16. The highest BCUT2D eigenvalue weighted by atomic mass is 19.4. The van der Waals surface area contributed by atoms with Crippen LogP contribution in [-0.4, -0.2) is 15.9 Å². The van der Waals surface area contributed by atoms with Crippen molar-refractivity contribution in [1.82, 2.24) is 9.97 Å². The first-order chi connectivity index (χ1) is 18.3. The van der Waals surface area contributed by atoms with Gasteiger partial charge in [-0.1, -0.05) is 6.07 Å². The predicted molar refractivity (Wildman–Crippen MR) is 137 cm³/mol. The van der Waals surface area contributed by atoms with Crippen molar-refractivity contribution in [2.45, 2.75) is 32.0 Å². The first-order valence-corrected chi connectivity index (χ1v) is 12.2. The zero-order valence-electron chi connectivity index (χ0n) is 20.3. The number of fused-ring (bicyclic) bond motifs is 1. The topological polar surface area (TPSA) is 90.1 Å². The molecular formula is C29H25F3N4O2. The summed E-state index contributed by atoms with van der Waals surface area (Å²) in [6.45, 7) is -0.0616. The van der Waals surface area contributed by atoms with Gasteiger partial charge in [0, 0.05) is 48.4 Å². The van der Waals surface area contributed by atoms with E-state index in [1.54, 1.807) is 24.7 Å². The van der Waals surface area contributed by atoms with Crippen molar-refractivity contribution in [2.24, 2.45) is 11.7 Å². The molecule has 1 aliphatic carbocycles. The maximum Gasteiger partial charge on any atom is 0.416 e. The van der Waals surface area contributed by atoms with Crippen LogP contribution in [0.1, 0.15) is 28.7 Å². The van der Waals surface area contributed by atoms with E-state index in [0.717, 1.165) is 34.5 Å². The van der Waals surface area contributed by atoms with E-state index in [1.165, 1.54) is 6.07 Å². The van der Waals surface area contributed by atoms with E-state index in [0.29, 0.717) is 36.3 Å². The average Bonchev–Trinajstić information content (AvgIpc) is 2.92. The first kappa shape index (κ1) is 25.4. The van der Waals surface area contributed by atoms with Gasteiger partial charge in [-0.2, -0.15) is 13.2 Å². The molecule has 0 spiro atoms. The van der Waals surface area contributed by atoms with Crippen molar-refractivity contribution in [1.29, 1.82) is 0 Å². The number of nitrogens with one attached hydrogen (secondary N) is 1. The molecule has 0 aliphatic heterocycles. The van der Waals surface area contributed by atoms with Crippen molar-refractivity contribution in [3.05, 3.63) is 102 Å². The summed E-state index contributed by atoms with van der Waals surface area (Å²) in [6.07, 6.45) is 2.29. The molecule has 0 saturated carbocycles. The van der Waals surface area contributed by atoms with Gasteiger partial charge in [-0.15, -0.1) is 0 Å². The number of amides is 1. The summed E-state index contributed by atoms with van der Waals surface area (Å²) >= 11 is 0. The number of ether oxygens (including phenoxy) is 1. The Morgan fingerprint density at radius 2 is 1.76 bits per heavy atom. The lowest BCUT2D eigenvalue weighted by atomic mass is 9.83. The van der Waals surface area contributed by atoms with E-state index < -0.39 is 11.7 Å². The molecule has 38 heavy (non-hydrogen) atoms. The molecule has 9 heteroatoms. The Bertz CT molecular complexity index is 1460. The van der Waals surface area contributed by atoms with Crippen LogP contribution in [0.3, 0.4) is 0 Å². The Morgan fingerprint density at radius 3 is 2.53 bits per heavy atom. The van der Waals surface area contributed by atoms with Gasteiger partial charge in [-0.3, -0.25) is 14.8 Å². The summed E-state index contributed by atoms with van der Waals surface area (Å²) in [7, 11) is 0. The lowest BCUT2D eigenvalue weighted by Crippen LogP contribution is -2.28. The summed E-state index contributed by atoms with van der Waals surface area (Å²) in [4.78, 5) is 21.4. The smallest absolute Gasteiger partial charge is 0.416 e. The maximum atomic E-state index is 13.3.